The summed E-state index contributed by atoms with van der Waals surface area (Å²) in [6.45, 7) is 10.4. The minimum absolute atomic E-state index is 0.0625. The largest absolute Gasteiger partial charge is 0.480 e. The molecule has 0 aliphatic heterocycles. The Kier molecular flexibility index (Phi) is 20.7. The molecule has 0 saturated heterocycles. The fourth-order valence-electron chi connectivity index (χ4n) is 5.49. The van der Waals surface area contributed by atoms with Gasteiger partial charge in [-0.1, -0.05) is 71.9 Å². The van der Waals surface area contributed by atoms with E-state index in [0.717, 1.165) is 5.56 Å². The number of aliphatic hydroxyl groups is 2. The molecule has 0 heterocycles. The van der Waals surface area contributed by atoms with Crippen molar-refractivity contribution in [1.29, 1.82) is 0 Å². The summed E-state index contributed by atoms with van der Waals surface area (Å²) in [5.74, 6) is -8.72. The third kappa shape index (κ3) is 17.1. The fourth-order valence-corrected chi connectivity index (χ4v) is 5.49. The van der Waals surface area contributed by atoms with Gasteiger partial charge in [-0.2, -0.15) is 0 Å². The number of rotatable bonds is 24. The molecule has 56 heavy (non-hydrogen) atoms. The first-order valence-electron chi connectivity index (χ1n) is 18.5. The molecule has 0 aromatic heterocycles. The molecule has 0 bridgehead atoms. The number of benzene rings is 1. The molecule has 314 valence electrons. The highest BCUT2D eigenvalue weighted by Gasteiger charge is 2.35. The summed E-state index contributed by atoms with van der Waals surface area (Å²) in [6, 6.07) is -0.834. The molecule has 0 aliphatic carbocycles. The van der Waals surface area contributed by atoms with Gasteiger partial charge in [0.05, 0.1) is 25.2 Å². The van der Waals surface area contributed by atoms with Crippen LogP contribution in [0, 0.1) is 17.8 Å². The molecule has 0 fully saturated rings. The average Bonchev–Trinajstić information content (AvgIpc) is 3.09. The van der Waals surface area contributed by atoms with Crippen LogP contribution in [0.3, 0.4) is 0 Å². The van der Waals surface area contributed by atoms with E-state index in [1.54, 1.807) is 65.8 Å². The quantitative estimate of drug-likeness (QED) is 0.0520. The van der Waals surface area contributed by atoms with E-state index in [4.69, 9.17) is 11.5 Å². The molecule has 1 aromatic rings. The standard InChI is InChI=1S/C37H60N8O11/c1-18(2)13-24(40-31(49)23(38)15-22-11-9-8-10-12-22)32(50)41-26(16-28(39)48)33(51)43-27(17-46)35(53)44-29(20(5)6)36(54)42-25(14-19(3)4)34(52)45-30(21(7)47)37(55)56/h8-12,18-21,23-27,29-30,46-47H,13-17,38H2,1-7H3,(H2,39,48)(H,40,49)(H,41,50)(H,42,54)(H,43,51)(H,44,53)(H,45,52)(H,55,56)/t21-,23+,24+,25+,26+,27+,29+,30+/m1/s1. The molecule has 7 amide bonds. The number of carbonyl (C=O) groups is 8. The summed E-state index contributed by atoms with van der Waals surface area (Å²) in [4.78, 5) is 103. The monoisotopic (exact) mass is 792 g/mol. The van der Waals surface area contributed by atoms with Crippen molar-refractivity contribution in [1.82, 2.24) is 31.9 Å². The molecular formula is C37H60N8O11. The second kappa shape index (κ2) is 23.7. The zero-order valence-electron chi connectivity index (χ0n) is 33.0. The SMILES string of the molecule is CC(C)C[C@H](NC(=O)[C@@H](NC(=O)[C@H](CO)NC(=O)[C@H](CC(N)=O)NC(=O)[C@H](CC(C)C)NC(=O)[C@@H](N)Cc1ccccc1)C(C)C)C(=O)N[C@H](C(=O)O)[C@@H](C)O. The molecule has 0 unspecified atom stereocenters. The lowest BCUT2D eigenvalue weighted by Gasteiger charge is -2.29. The number of nitrogens with one attached hydrogen (secondary N) is 6. The summed E-state index contributed by atoms with van der Waals surface area (Å²) in [6.07, 6.45) is -1.80. The van der Waals surface area contributed by atoms with E-state index >= 15 is 0 Å². The Labute approximate surface area is 326 Å². The number of aliphatic carboxylic acids is 1. The Hall–Kier alpha value is -5.14. The van der Waals surface area contributed by atoms with Crippen LogP contribution in [0.25, 0.3) is 0 Å². The topological polar surface area (TPSA) is 321 Å². The van der Waals surface area contributed by atoms with Crippen LogP contribution in [-0.4, -0.2) is 118 Å². The lowest BCUT2D eigenvalue weighted by Crippen LogP contribution is -2.61. The Bertz CT molecular complexity index is 1510. The first kappa shape index (κ1) is 48.9. The minimum Gasteiger partial charge on any atom is -0.480 e. The first-order valence-corrected chi connectivity index (χ1v) is 18.5. The molecule has 8 atom stereocenters. The van der Waals surface area contributed by atoms with E-state index in [1.165, 1.54) is 6.92 Å². The number of hydrogen-bond donors (Lipinski definition) is 11. The molecule has 0 radical (unpaired) electrons. The number of hydrogen-bond acceptors (Lipinski definition) is 11. The Morgan fingerprint density at radius 1 is 0.607 bits per heavy atom. The van der Waals surface area contributed by atoms with Crippen LogP contribution in [-0.2, 0) is 44.8 Å². The van der Waals surface area contributed by atoms with E-state index in [-0.39, 0.29) is 31.1 Å². The van der Waals surface area contributed by atoms with Gasteiger partial charge < -0.3 is 58.7 Å². The normalized spacial score (nSPS) is 15.6. The summed E-state index contributed by atoms with van der Waals surface area (Å²) in [5, 5.41) is 43.6. The van der Waals surface area contributed by atoms with E-state index < -0.39 is 115 Å². The van der Waals surface area contributed by atoms with Gasteiger partial charge in [-0.15, -0.1) is 0 Å². The maximum absolute atomic E-state index is 13.5. The molecule has 0 aliphatic rings. The molecule has 19 heteroatoms. The number of carboxylic acids is 1. The van der Waals surface area contributed by atoms with Crippen molar-refractivity contribution in [2.75, 3.05) is 6.61 Å². The Morgan fingerprint density at radius 2 is 1.04 bits per heavy atom. The Balaban J connectivity index is 3.15. The van der Waals surface area contributed by atoms with Crippen molar-refractivity contribution >= 4 is 47.3 Å². The number of aliphatic hydroxyl groups excluding tert-OH is 2. The van der Waals surface area contributed by atoms with Crippen molar-refractivity contribution in [2.24, 2.45) is 29.2 Å². The van der Waals surface area contributed by atoms with Gasteiger partial charge in [0, 0.05) is 0 Å². The van der Waals surface area contributed by atoms with Crippen LogP contribution < -0.4 is 43.4 Å². The summed E-state index contributed by atoms with van der Waals surface area (Å²) >= 11 is 0. The van der Waals surface area contributed by atoms with E-state index in [1.807, 2.05) is 6.07 Å². The zero-order chi connectivity index (χ0) is 42.9. The number of nitrogens with two attached hydrogens (primary N) is 2. The minimum atomic E-state index is -1.71. The second-order valence-electron chi connectivity index (χ2n) is 14.9. The van der Waals surface area contributed by atoms with Crippen molar-refractivity contribution in [3.8, 4) is 0 Å². The number of amides is 7. The first-order chi connectivity index (χ1) is 26.1. The van der Waals surface area contributed by atoms with Crippen molar-refractivity contribution in [3.05, 3.63) is 35.9 Å². The van der Waals surface area contributed by atoms with Crippen molar-refractivity contribution in [3.63, 3.8) is 0 Å². The predicted octanol–water partition coefficient (Wildman–Crippen LogP) is -2.45. The predicted molar refractivity (Wildman–Crippen MR) is 204 cm³/mol. The van der Waals surface area contributed by atoms with Gasteiger partial charge in [-0.05, 0) is 49.5 Å². The van der Waals surface area contributed by atoms with Gasteiger partial charge in [0.1, 0.15) is 30.2 Å². The molecular weight excluding hydrogens is 732 g/mol. The molecule has 1 rings (SSSR count). The fraction of sp³-hybridized carbons (Fsp3) is 0.622. The maximum Gasteiger partial charge on any atom is 0.328 e. The van der Waals surface area contributed by atoms with Crippen LogP contribution >= 0.6 is 0 Å². The smallest absolute Gasteiger partial charge is 0.328 e. The average molecular weight is 793 g/mol. The van der Waals surface area contributed by atoms with Crippen molar-refractivity contribution < 1.29 is 53.7 Å². The maximum atomic E-state index is 13.5. The van der Waals surface area contributed by atoms with Gasteiger partial charge in [-0.3, -0.25) is 33.6 Å². The molecule has 19 nitrogen and oxygen atoms in total. The van der Waals surface area contributed by atoms with Crippen LogP contribution in [0.2, 0.25) is 0 Å². The number of carboxylic acid groups (broad SMARTS) is 1. The van der Waals surface area contributed by atoms with Gasteiger partial charge >= 0.3 is 5.97 Å². The van der Waals surface area contributed by atoms with E-state index in [9.17, 15) is 53.7 Å². The highest BCUT2D eigenvalue weighted by Crippen LogP contribution is 2.11. The molecule has 13 N–H and O–H groups in total. The Morgan fingerprint density at radius 3 is 1.48 bits per heavy atom. The molecule has 0 saturated carbocycles. The lowest BCUT2D eigenvalue weighted by molar-refractivity contribution is -0.145. The van der Waals surface area contributed by atoms with Crippen molar-refractivity contribution in [2.45, 2.75) is 123 Å². The second-order valence-corrected chi connectivity index (χ2v) is 14.9. The van der Waals surface area contributed by atoms with Crippen LogP contribution in [0.1, 0.15) is 73.3 Å². The molecule has 1 aromatic carbocycles. The van der Waals surface area contributed by atoms with Crippen LogP contribution in [0.4, 0.5) is 0 Å². The third-order valence-electron chi connectivity index (χ3n) is 8.46. The van der Waals surface area contributed by atoms with Gasteiger partial charge in [-0.25, -0.2) is 4.79 Å². The molecule has 0 spiro atoms. The summed E-state index contributed by atoms with van der Waals surface area (Å²) < 4.78 is 0. The van der Waals surface area contributed by atoms with Crippen LogP contribution in [0.15, 0.2) is 30.3 Å². The highest BCUT2D eigenvalue weighted by molar-refractivity contribution is 5.98. The van der Waals surface area contributed by atoms with Crippen LogP contribution in [0.5, 0.6) is 0 Å². The third-order valence-corrected chi connectivity index (χ3v) is 8.46. The highest BCUT2D eigenvalue weighted by atomic mass is 16.4. The number of primary amides is 1. The van der Waals surface area contributed by atoms with Gasteiger partial charge in [0.25, 0.3) is 0 Å². The lowest BCUT2D eigenvalue weighted by atomic mass is 9.99. The summed E-state index contributed by atoms with van der Waals surface area (Å²) in [5.41, 5.74) is 12.3. The zero-order valence-corrected chi connectivity index (χ0v) is 33.0. The summed E-state index contributed by atoms with van der Waals surface area (Å²) in [7, 11) is 0. The van der Waals surface area contributed by atoms with Gasteiger partial charge in [0.2, 0.25) is 41.4 Å². The van der Waals surface area contributed by atoms with E-state index in [0.29, 0.717) is 0 Å². The van der Waals surface area contributed by atoms with E-state index in [2.05, 4.69) is 31.9 Å². The van der Waals surface area contributed by atoms with Gasteiger partial charge in [0.15, 0.2) is 6.04 Å². The number of carbonyl (C=O) groups excluding carboxylic acids is 7.